The summed E-state index contributed by atoms with van der Waals surface area (Å²) < 4.78 is 32.9. The lowest BCUT2D eigenvalue weighted by Gasteiger charge is -2.31. The molecule has 0 N–H and O–H groups in total. The zero-order chi connectivity index (χ0) is 19.1. The molecule has 0 unspecified atom stereocenters. The van der Waals surface area contributed by atoms with Gasteiger partial charge in [-0.1, -0.05) is 13.0 Å². The van der Waals surface area contributed by atoms with E-state index in [4.69, 9.17) is 4.74 Å². The van der Waals surface area contributed by atoms with Crippen LogP contribution in [0.2, 0.25) is 0 Å². The summed E-state index contributed by atoms with van der Waals surface area (Å²) in [5, 5.41) is 2.53. The van der Waals surface area contributed by atoms with Gasteiger partial charge in [0.2, 0.25) is 0 Å². The number of thiazole rings is 1. The van der Waals surface area contributed by atoms with E-state index in [2.05, 4.69) is 16.9 Å². The predicted octanol–water partition coefficient (Wildman–Crippen LogP) is 3.69. The fourth-order valence-corrected chi connectivity index (χ4v) is 4.24. The van der Waals surface area contributed by atoms with Crippen LogP contribution in [-0.4, -0.2) is 35.3 Å². The van der Waals surface area contributed by atoms with Gasteiger partial charge in [0.15, 0.2) is 10.8 Å². The number of rotatable bonds is 3. The number of esters is 1. The quantitative estimate of drug-likeness (QED) is 0.752. The summed E-state index contributed by atoms with van der Waals surface area (Å²) in [5.74, 6) is -1.09. The molecule has 4 rings (SSSR count). The van der Waals surface area contributed by atoms with Crippen molar-refractivity contribution in [3.05, 3.63) is 63.3 Å². The maximum Gasteiger partial charge on any atom is 0.338 e. The number of benzene rings is 1. The third kappa shape index (κ3) is 3.03. The van der Waals surface area contributed by atoms with Crippen molar-refractivity contribution in [2.45, 2.75) is 19.4 Å². The van der Waals surface area contributed by atoms with Crippen molar-refractivity contribution in [3.8, 4) is 0 Å². The molecule has 8 heteroatoms. The molecule has 140 valence electrons. The van der Waals surface area contributed by atoms with Crippen LogP contribution in [0.5, 0.6) is 0 Å². The first-order valence-corrected chi connectivity index (χ1v) is 9.39. The van der Waals surface area contributed by atoms with Crippen molar-refractivity contribution in [1.29, 1.82) is 0 Å². The minimum atomic E-state index is -0.909. The SMILES string of the molecule is COC(=O)C1=C2C[C@H](C)CN2C(c2nccs2)=N[C@H]1c1ccc(F)cc1F. The Hall–Kier alpha value is -2.61. The number of methoxy groups -OCH3 is 1. The fraction of sp³-hybridized carbons (Fsp3) is 0.316. The number of hydrogen-bond donors (Lipinski definition) is 0. The maximum absolute atomic E-state index is 14.6. The van der Waals surface area contributed by atoms with Crippen LogP contribution in [-0.2, 0) is 9.53 Å². The van der Waals surface area contributed by atoms with Crippen LogP contribution in [0.15, 0.2) is 46.0 Å². The summed E-state index contributed by atoms with van der Waals surface area (Å²) in [6.45, 7) is 2.76. The number of ether oxygens (including phenoxy) is 1. The van der Waals surface area contributed by atoms with Gasteiger partial charge in [0, 0.05) is 35.4 Å². The average molecular weight is 389 g/mol. The van der Waals surface area contributed by atoms with Gasteiger partial charge in [-0.15, -0.1) is 11.3 Å². The molecule has 2 aliphatic heterocycles. The number of fused-ring (bicyclic) bond motifs is 1. The average Bonchev–Trinajstić information content (AvgIpc) is 3.29. The third-order valence-electron chi connectivity index (χ3n) is 4.74. The summed E-state index contributed by atoms with van der Waals surface area (Å²) in [4.78, 5) is 23.6. The van der Waals surface area contributed by atoms with Gasteiger partial charge in [-0.05, 0) is 18.4 Å². The van der Waals surface area contributed by atoms with Gasteiger partial charge in [0.05, 0.1) is 12.7 Å². The molecule has 2 aliphatic rings. The fourth-order valence-electron chi connectivity index (χ4n) is 3.60. The largest absolute Gasteiger partial charge is 0.466 e. The molecule has 5 nitrogen and oxygen atoms in total. The summed E-state index contributed by atoms with van der Waals surface area (Å²) in [7, 11) is 1.29. The Balaban J connectivity index is 1.93. The molecule has 2 atom stereocenters. The predicted molar refractivity (Wildman–Crippen MR) is 97.3 cm³/mol. The first-order chi connectivity index (χ1) is 13.0. The van der Waals surface area contributed by atoms with Gasteiger partial charge in [-0.2, -0.15) is 0 Å². The third-order valence-corrected chi connectivity index (χ3v) is 5.51. The molecule has 1 fully saturated rings. The van der Waals surface area contributed by atoms with Gasteiger partial charge in [-0.25, -0.2) is 18.6 Å². The number of hydrogen-bond acceptors (Lipinski definition) is 6. The van der Waals surface area contributed by atoms with Crippen LogP contribution in [0, 0.1) is 17.6 Å². The lowest BCUT2D eigenvalue weighted by atomic mass is 9.93. The first kappa shape index (κ1) is 17.8. The van der Waals surface area contributed by atoms with Crippen molar-refractivity contribution >= 4 is 23.1 Å². The highest BCUT2D eigenvalue weighted by molar-refractivity contribution is 7.11. The highest BCUT2D eigenvalue weighted by Crippen LogP contribution is 2.42. The smallest absolute Gasteiger partial charge is 0.338 e. The molecule has 1 saturated heterocycles. The normalized spacial score (nSPS) is 21.9. The van der Waals surface area contributed by atoms with Crippen LogP contribution in [0.3, 0.4) is 0 Å². The minimum Gasteiger partial charge on any atom is -0.466 e. The van der Waals surface area contributed by atoms with E-state index in [0.29, 0.717) is 35.3 Å². The lowest BCUT2D eigenvalue weighted by Crippen LogP contribution is -2.35. The second-order valence-electron chi connectivity index (χ2n) is 6.63. The van der Waals surface area contributed by atoms with E-state index in [1.807, 2.05) is 10.3 Å². The van der Waals surface area contributed by atoms with E-state index in [0.717, 1.165) is 11.8 Å². The molecular weight excluding hydrogens is 372 g/mol. The summed E-state index contributed by atoms with van der Waals surface area (Å²) in [6.07, 6.45) is 2.32. The number of halogens is 2. The van der Waals surface area contributed by atoms with Gasteiger partial charge < -0.3 is 9.64 Å². The Morgan fingerprint density at radius 3 is 2.85 bits per heavy atom. The molecule has 0 amide bonds. The van der Waals surface area contributed by atoms with Crippen molar-refractivity contribution in [2.75, 3.05) is 13.7 Å². The highest BCUT2D eigenvalue weighted by Gasteiger charge is 2.41. The molecule has 1 aromatic heterocycles. The number of nitrogens with zero attached hydrogens (tertiary/aromatic N) is 3. The van der Waals surface area contributed by atoms with Gasteiger partial charge in [0.1, 0.15) is 17.7 Å². The van der Waals surface area contributed by atoms with Crippen LogP contribution in [0.1, 0.15) is 30.0 Å². The van der Waals surface area contributed by atoms with Crippen molar-refractivity contribution < 1.29 is 18.3 Å². The Bertz CT molecular complexity index is 956. The zero-order valence-electron chi connectivity index (χ0n) is 14.8. The number of aromatic nitrogens is 1. The molecule has 0 bridgehead atoms. The summed E-state index contributed by atoms with van der Waals surface area (Å²) >= 11 is 1.42. The Kier molecular flexibility index (Phi) is 4.51. The van der Waals surface area contributed by atoms with Gasteiger partial charge in [-0.3, -0.25) is 4.99 Å². The van der Waals surface area contributed by atoms with Crippen molar-refractivity contribution in [2.24, 2.45) is 10.9 Å². The molecule has 0 aliphatic carbocycles. The van der Waals surface area contributed by atoms with Crippen LogP contribution >= 0.6 is 11.3 Å². The highest BCUT2D eigenvalue weighted by atomic mass is 32.1. The Labute approximate surface area is 159 Å². The number of aliphatic imine (C=N–C) groups is 1. The van der Waals surface area contributed by atoms with Crippen molar-refractivity contribution in [3.63, 3.8) is 0 Å². The second-order valence-corrected chi connectivity index (χ2v) is 7.52. The van der Waals surface area contributed by atoms with Crippen LogP contribution in [0.25, 0.3) is 0 Å². The van der Waals surface area contributed by atoms with E-state index < -0.39 is 23.6 Å². The monoisotopic (exact) mass is 389 g/mol. The van der Waals surface area contributed by atoms with E-state index in [1.54, 1.807) is 6.20 Å². The molecule has 1 aromatic carbocycles. The minimum absolute atomic E-state index is 0.137. The molecule has 0 spiro atoms. The zero-order valence-corrected chi connectivity index (χ0v) is 15.6. The number of allylic oxidation sites excluding steroid dienone is 1. The topological polar surface area (TPSA) is 54.8 Å². The molecular formula is C19H17F2N3O2S. The first-order valence-electron chi connectivity index (χ1n) is 8.51. The maximum atomic E-state index is 14.6. The number of amidine groups is 1. The Morgan fingerprint density at radius 1 is 1.37 bits per heavy atom. The van der Waals surface area contributed by atoms with Crippen molar-refractivity contribution in [1.82, 2.24) is 9.88 Å². The summed E-state index contributed by atoms with van der Waals surface area (Å²) in [6, 6.07) is 2.39. The van der Waals surface area contributed by atoms with E-state index in [9.17, 15) is 13.6 Å². The Morgan fingerprint density at radius 2 is 2.19 bits per heavy atom. The molecule has 27 heavy (non-hydrogen) atoms. The van der Waals surface area contributed by atoms with Gasteiger partial charge in [0.25, 0.3) is 0 Å². The van der Waals surface area contributed by atoms with Crippen LogP contribution < -0.4 is 0 Å². The van der Waals surface area contributed by atoms with Crippen LogP contribution in [0.4, 0.5) is 8.78 Å². The van der Waals surface area contributed by atoms with E-state index in [-0.39, 0.29) is 5.56 Å². The summed E-state index contributed by atoms with van der Waals surface area (Å²) in [5.41, 5.74) is 1.20. The van der Waals surface area contributed by atoms with Gasteiger partial charge >= 0.3 is 5.97 Å². The van der Waals surface area contributed by atoms with E-state index >= 15 is 0 Å². The lowest BCUT2D eigenvalue weighted by molar-refractivity contribution is -0.136. The second kappa shape index (κ2) is 6.84. The number of carbonyl (C=O) groups is 1. The molecule has 0 saturated carbocycles. The standard InChI is InChI=1S/C19H17F2N3O2S/c1-10-7-14-15(19(25)26-2)16(12-4-3-11(20)8-13(12)21)23-17(24(14)9-10)18-22-5-6-27-18/h3-6,8,10,16H,7,9H2,1-2H3/t10-,16-/m0/s1. The molecule has 0 radical (unpaired) electrons. The van der Waals surface area contributed by atoms with E-state index in [1.165, 1.54) is 30.6 Å². The molecule has 2 aromatic rings. The molecule has 3 heterocycles. The number of carbonyl (C=O) groups excluding carboxylic acids is 1.